The summed E-state index contributed by atoms with van der Waals surface area (Å²) >= 11 is 0. The largest absolute Gasteiger partial charge is 0.436 e. The number of oxazole rings is 1. The second-order valence-corrected chi connectivity index (χ2v) is 5.76. The van der Waals surface area contributed by atoms with Crippen molar-refractivity contribution in [2.75, 3.05) is 6.54 Å². The molecule has 2 rings (SSSR count). The maximum Gasteiger partial charge on any atom is 0.289 e. The van der Waals surface area contributed by atoms with Crippen LogP contribution in [0, 0.1) is 19.8 Å². The summed E-state index contributed by atoms with van der Waals surface area (Å²) in [5.41, 5.74) is -0.199. The van der Waals surface area contributed by atoms with Crippen molar-refractivity contribution in [2.24, 2.45) is 5.92 Å². The second-order valence-electron chi connectivity index (χ2n) is 5.76. The van der Waals surface area contributed by atoms with E-state index < -0.39 is 5.60 Å². The van der Waals surface area contributed by atoms with Crippen LogP contribution in [0.1, 0.15) is 54.7 Å². The number of hydrogen-bond acceptors (Lipinski definition) is 4. The van der Waals surface area contributed by atoms with Crippen molar-refractivity contribution >= 4 is 5.91 Å². The van der Waals surface area contributed by atoms with Crippen LogP contribution in [-0.4, -0.2) is 28.1 Å². The van der Waals surface area contributed by atoms with Gasteiger partial charge in [0.15, 0.2) is 5.89 Å². The lowest BCUT2D eigenvalue weighted by molar-refractivity contribution is -0.0111. The van der Waals surface area contributed by atoms with E-state index in [1.165, 1.54) is 0 Å². The van der Waals surface area contributed by atoms with Gasteiger partial charge in [-0.15, -0.1) is 0 Å². The zero-order valence-corrected chi connectivity index (χ0v) is 11.8. The Labute approximate surface area is 113 Å². The summed E-state index contributed by atoms with van der Waals surface area (Å²) < 4.78 is 5.27. The van der Waals surface area contributed by atoms with Crippen molar-refractivity contribution in [2.45, 2.75) is 52.1 Å². The number of rotatable bonds is 3. The van der Waals surface area contributed by atoms with Crippen LogP contribution in [0.5, 0.6) is 0 Å². The van der Waals surface area contributed by atoms with Gasteiger partial charge in [0.05, 0.1) is 11.3 Å². The Morgan fingerprint density at radius 3 is 2.89 bits per heavy atom. The van der Waals surface area contributed by atoms with Crippen LogP contribution in [0.2, 0.25) is 0 Å². The predicted octanol–water partition coefficient (Wildman–Crippen LogP) is 1.96. The van der Waals surface area contributed by atoms with E-state index in [-0.39, 0.29) is 18.2 Å². The summed E-state index contributed by atoms with van der Waals surface area (Å²) in [6.07, 6.45) is 3.64. The molecule has 0 radical (unpaired) electrons. The number of aromatic nitrogens is 1. The third kappa shape index (κ3) is 3.35. The lowest BCUT2D eigenvalue weighted by Gasteiger charge is -2.35. The molecule has 1 amide bonds. The molecule has 1 heterocycles. The SMILES string of the molecule is Cc1nc(C)c(C(=O)NCC2(O)CCCC(C)C2)o1. The number of aryl methyl sites for hydroxylation is 2. The van der Waals surface area contributed by atoms with Crippen molar-refractivity contribution in [3.63, 3.8) is 0 Å². The molecular formula is C14H22N2O3. The smallest absolute Gasteiger partial charge is 0.289 e. The standard InChI is InChI=1S/C14H22N2O3/c1-9-5-4-6-14(18,7-9)8-15-13(17)12-10(2)16-11(3)19-12/h9,18H,4-8H2,1-3H3,(H,15,17). The van der Waals surface area contributed by atoms with E-state index in [0.29, 0.717) is 17.5 Å². The summed E-state index contributed by atoms with van der Waals surface area (Å²) in [7, 11) is 0. The number of carbonyl (C=O) groups is 1. The maximum absolute atomic E-state index is 12.0. The number of carbonyl (C=O) groups excluding carboxylic acids is 1. The monoisotopic (exact) mass is 266 g/mol. The molecular weight excluding hydrogens is 244 g/mol. The van der Waals surface area contributed by atoms with E-state index in [1.54, 1.807) is 13.8 Å². The molecule has 1 aliphatic carbocycles. The Hall–Kier alpha value is -1.36. The van der Waals surface area contributed by atoms with Crippen LogP contribution >= 0.6 is 0 Å². The van der Waals surface area contributed by atoms with Gasteiger partial charge >= 0.3 is 0 Å². The quantitative estimate of drug-likeness (QED) is 0.877. The summed E-state index contributed by atoms with van der Waals surface area (Å²) in [6, 6.07) is 0. The summed E-state index contributed by atoms with van der Waals surface area (Å²) in [4.78, 5) is 16.1. The van der Waals surface area contributed by atoms with Crippen LogP contribution < -0.4 is 5.32 Å². The average Bonchev–Trinajstić information content (AvgIpc) is 2.65. The fourth-order valence-corrected chi connectivity index (χ4v) is 2.86. The molecule has 2 atom stereocenters. The molecule has 2 N–H and O–H groups in total. The van der Waals surface area contributed by atoms with Crippen molar-refractivity contribution in [3.8, 4) is 0 Å². The zero-order valence-electron chi connectivity index (χ0n) is 11.8. The number of nitrogens with one attached hydrogen (secondary N) is 1. The van der Waals surface area contributed by atoms with Gasteiger partial charge < -0.3 is 14.8 Å². The Morgan fingerprint density at radius 1 is 1.58 bits per heavy atom. The number of nitrogens with zero attached hydrogens (tertiary/aromatic N) is 1. The molecule has 0 bridgehead atoms. The summed E-state index contributed by atoms with van der Waals surface area (Å²) in [5, 5.41) is 13.2. The Balaban J connectivity index is 1.95. The molecule has 19 heavy (non-hydrogen) atoms. The predicted molar refractivity (Wildman–Crippen MR) is 70.9 cm³/mol. The lowest BCUT2D eigenvalue weighted by Crippen LogP contribution is -2.45. The molecule has 1 saturated carbocycles. The topological polar surface area (TPSA) is 75.4 Å². The molecule has 0 saturated heterocycles. The third-order valence-electron chi connectivity index (χ3n) is 3.76. The van der Waals surface area contributed by atoms with Crippen LogP contribution in [0.3, 0.4) is 0 Å². The summed E-state index contributed by atoms with van der Waals surface area (Å²) in [6.45, 7) is 5.86. The molecule has 1 aliphatic rings. The zero-order chi connectivity index (χ0) is 14.0. The van der Waals surface area contributed by atoms with Gasteiger partial charge in [-0.2, -0.15) is 0 Å². The Kier molecular flexibility index (Phi) is 3.94. The van der Waals surface area contributed by atoms with E-state index in [1.807, 2.05) is 0 Å². The molecule has 1 fully saturated rings. The van der Waals surface area contributed by atoms with Gasteiger partial charge in [0.2, 0.25) is 5.76 Å². The van der Waals surface area contributed by atoms with Crippen molar-refractivity contribution in [1.29, 1.82) is 0 Å². The van der Waals surface area contributed by atoms with E-state index in [0.717, 1.165) is 25.7 Å². The number of aliphatic hydroxyl groups is 1. The normalized spacial score (nSPS) is 27.3. The van der Waals surface area contributed by atoms with Gasteiger partial charge in [-0.1, -0.05) is 19.8 Å². The van der Waals surface area contributed by atoms with E-state index in [4.69, 9.17) is 4.42 Å². The minimum Gasteiger partial charge on any atom is -0.436 e. The molecule has 0 aromatic carbocycles. The first-order chi connectivity index (χ1) is 8.89. The third-order valence-corrected chi connectivity index (χ3v) is 3.76. The van der Waals surface area contributed by atoms with E-state index in [2.05, 4.69) is 17.2 Å². The Bertz CT molecular complexity index is 469. The molecule has 5 heteroatoms. The first-order valence-corrected chi connectivity index (χ1v) is 6.84. The van der Waals surface area contributed by atoms with Crippen LogP contribution in [0.4, 0.5) is 0 Å². The maximum atomic E-state index is 12.0. The number of amides is 1. The first-order valence-electron chi connectivity index (χ1n) is 6.84. The van der Waals surface area contributed by atoms with Crippen LogP contribution in [0.25, 0.3) is 0 Å². The minimum atomic E-state index is -0.781. The average molecular weight is 266 g/mol. The van der Waals surface area contributed by atoms with Crippen LogP contribution in [0.15, 0.2) is 4.42 Å². The lowest BCUT2D eigenvalue weighted by atomic mass is 9.79. The van der Waals surface area contributed by atoms with Gasteiger partial charge in [0.25, 0.3) is 5.91 Å². The second kappa shape index (κ2) is 5.33. The highest BCUT2D eigenvalue weighted by molar-refractivity contribution is 5.92. The molecule has 0 spiro atoms. The first kappa shape index (κ1) is 14.1. The highest BCUT2D eigenvalue weighted by Crippen LogP contribution is 2.31. The highest BCUT2D eigenvalue weighted by Gasteiger charge is 2.33. The van der Waals surface area contributed by atoms with Gasteiger partial charge in [-0.3, -0.25) is 4.79 Å². The molecule has 2 unspecified atom stereocenters. The molecule has 1 aromatic rings. The number of hydrogen-bond donors (Lipinski definition) is 2. The minimum absolute atomic E-state index is 0.241. The van der Waals surface area contributed by atoms with Crippen molar-refractivity contribution in [1.82, 2.24) is 10.3 Å². The van der Waals surface area contributed by atoms with Gasteiger partial charge in [-0.25, -0.2) is 4.98 Å². The highest BCUT2D eigenvalue weighted by atomic mass is 16.4. The fraction of sp³-hybridized carbons (Fsp3) is 0.714. The molecule has 0 aliphatic heterocycles. The summed E-state index contributed by atoms with van der Waals surface area (Å²) in [5.74, 6) is 0.923. The fourth-order valence-electron chi connectivity index (χ4n) is 2.86. The van der Waals surface area contributed by atoms with Crippen molar-refractivity contribution in [3.05, 3.63) is 17.3 Å². The molecule has 1 aromatic heterocycles. The van der Waals surface area contributed by atoms with Gasteiger partial charge in [-0.05, 0) is 25.7 Å². The van der Waals surface area contributed by atoms with Gasteiger partial charge in [0, 0.05) is 13.5 Å². The van der Waals surface area contributed by atoms with E-state index >= 15 is 0 Å². The van der Waals surface area contributed by atoms with Crippen molar-refractivity contribution < 1.29 is 14.3 Å². The van der Waals surface area contributed by atoms with Crippen LogP contribution in [-0.2, 0) is 0 Å². The van der Waals surface area contributed by atoms with E-state index in [9.17, 15) is 9.90 Å². The molecule has 106 valence electrons. The Morgan fingerprint density at radius 2 is 2.32 bits per heavy atom. The molecule has 5 nitrogen and oxygen atoms in total. The van der Waals surface area contributed by atoms with Gasteiger partial charge in [0.1, 0.15) is 0 Å².